The van der Waals surface area contributed by atoms with E-state index >= 15 is 0 Å². The number of hydrogen-bond acceptors (Lipinski definition) is 9. The molecule has 0 atom stereocenters. The van der Waals surface area contributed by atoms with E-state index in [2.05, 4.69) is 26.1 Å². The van der Waals surface area contributed by atoms with Crippen molar-refractivity contribution in [2.75, 3.05) is 17.6 Å². The molecule has 2 rings (SSSR count). The third-order valence-electron chi connectivity index (χ3n) is 3.14. The van der Waals surface area contributed by atoms with Crippen LogP contribution in [0.2, 0.25) is 0 Å². The highest BCUT2D eigenvalue weighted by Crippen LogP contribution is 2.21. The minimum atomic E-state index is -0.669. The number of halogens is 1. The summed E-state index contributed by atoms with van der Waals surface area (Å²) in [6, 6.07) is 5.45. The number of carbonyl (C=O) groups excluding carboxylic acids is 1. The van der Waals surface area contributed by atoms with E-state index < -0.39 is 17.5 Å². The monoisotopic (exact) mass is 422 g/mol. The Hall–Kier alpha value is -3.33. The van der Waals surface area contributed by atoms with Gasteiger partial charge in [0.1, 0.15) is 17.5 Å². The molecule has 0 spiro atoms. The second-order valence-electron chi connectivity index (χ2n) is 6.58. The quantitative estimate of drug-likeness (QED) is 0.160. The lowest BCUT2D eigenvalue weighted by Gasteiger charge is -2.19. The van der Waals surface area contributed by atoms with Gasteiger partial charge in [0.05, 0.1) is 5.56 Å². The molecular formula is C17H19FN6O4S. The van der Waals surface area contributed by atoms with E-state index in [9.17, 15) is 14.4 Å². The van der Waals surface area contributed by atoms with Gasteiger partial charge < -0.3 is 20.6 Å². The van der Waals surface area contributed by atoms with Gasteiger partial charge in [-0.2, -0.15) is 5.26 Å². The minimum Gasteiger partial charge on any atom is -0.444 e. The Balaban J connectivity index is 1.97. The minimum absolute atomic E-state index is 0.107. The van der Waals surface area contributed by atoms with Crippen molar-refractivity contribution in [3.05, 3.63) is 35.3 Å². The van der Waals surface area contributed by atoms with Gasteiger partial charge in [0.15, 0.2) is 10.7 Å². The molecule has 2 aromatic rings. The first-order valence-electron chi connectivity index (χ1n) is 8.35. The van der Waals surface area contributed by atoms with Crippen molar-refractivity contribution < 1.29 is 23.8 Å². The van der Waals surface area contributed by atoms with Crippen molar-refractivity contribution in [2.45, 2.75) is 31.4 Å². The molecule has 0 aliphatic carbocycles. The molecule has 1 aromatic heterocycles. The van der Waals surface area contributed by atoms with Gasteiger partial charge in [-0.05, 0) is 49.3 Å². The van der Waals surface area contributed by atoms with Gasteiger partial charge in [-0.15, -0.1) is 0 Å². The van der Waals surface area contributed by atoms with Crippen LogP contribution in [0.15, 0.2) is 33.0 Å². The number of anilines is 1. The number of nitrogens with zero attached hydrogens (tertiary/aromatic N) is 4. The molecule has 0 fully saturated rings. The molecule has 12 heteroatoms. The summed E-state index contributed by atoms with van der Waals surface area (Å²) in [5.74, 6) is -0.365. The predicted molar refractivity (Wildman–Crippen MR) is 102 cm³/mol. The van der Waals surface area contributed by atoms with Crippen molar-refractivity contribution in [2.24, 2.45) is 5.16 Å². The number of aromatic nitrogens is 2. The number of nitrogens with one attached hydrogen (secondary N) is 2. The Kier molecular flexibility index (Phi) is 7.38. The number of alkyl carbamates (subject to hydrolysis) is 1. The summed E-state index contributed by atoms with van der Waals surface area (Å²) in [6.45, 7) is 5.57. The first-order valence-corrected chi connectivity index (χ1v) is 9.33. The number of hydrogen-bond donors (Lipinski definition) is 3. The van der Waals surface area contributed by atoms with Gasteiger partial charge in [-0.1, -0.05) is 16.9 Å². The number of rotatable bonds is 6. The fraction of sp³-hybridized carbons (Fsp3) is 0.353. The van der Waals surface area contributed by atoms with Crippen molar-refractivity contribution in [1.29, 1.82) is 5.26 Å². The van der Waals surface area contributed by atoms with E-state index in [4.69, 9.17) is 14.6 Å². The van der Waals surface area contributed by atoms with Crippen molar-refractivity contribution in [3.8, 4) is 6.07 Å². The van der Waals surface area contributed by atoms with Crippen LogP contribution >= 0.6 is 11.8 Å². The number of amides is 1. The Morgan fingerprint density at radius 2 is 2.21 bits per heavy atom. The smallest absolute Gasteiger partial charge is 0.407 e. The third-order valence-corrected chi connectivity index (χ3v) is 4.09. The number of nitriles is 1. The van der Waals surface area contributed by atoms with Gasteiger partial charge in [0.25, 0.3) is 0 Å². The Labute approximate surface area is 170 Å². The second kappa shape index (κ2) is 9.74. The molecule has 3 N–H and O–H groups in total. The topological polar surface area (TPSA) is 146 Å². The zero-order valence-corrected chi connectivity index (χ0v) is 16.7. The summed E-state index contributed by atoms with van der Waals surface area (Å²) in [4.78, 5) is 11.6. The first kappa shape index (κ1) is 22.0. The predicted octanol–water partition coefficient (Wildman–Crippen LogP) is 2.95. The standard InChI is InChI=1S/C17H19FN6O4S/c1-17(2,3)27-16(25)20-6-7-29-15-13(23-28-24-15)14(22-26)21-11-4-5-12(18)10(8-11)9-19/h4-5,8,26H,6-7H2,1-3H3,(H,20,25)(H,21,22). The maximum atomic E-state index is 13.4. The number of carbonyl (C=O) groups is 1. The van der Waals surface area contributed by atoms with Crippen LogP contribution < -0.4 is 10.6 Å². The van der Waals surface area contributed by atoms with Crippen LogP contribution in [0.5, 0.6) is 0 Å². The largest absolute Gasteiger partial charge is 0.444 e. The number of thioether (sulfide) groups is 1. The lowest BCUT2D eigenvalue weighted by molar-refractivity contribution is 0.0531. The normalized spacial score (nSPS) is 11.6. The Morgan fingerprint density at radius 1 is 1.45 bits per heavy atom. The van der Waals surface area contributed by atoms with E-state index in [1.54, 1.807) is 26.8 Å². The van der Waals surface area contributed by atoms with Crippen LogP contribution in [-0.2, 0) is 4.74 Å². The van der Waals surface area contributed by atoms with E-state index in [1.807, 2.05) is 0 Å². The zero-order valence-electron chi connectivity index (χ0n) is 15.9. The first-order chi connectivity index (χ1) is 13.7. The lowest BCUT2D eigenvalue weighted by atomic mass is 10.2. The number of ether oxygens (including phenoxy) is 1. The molecule has 0 aliphatic rings. The fourth-order valence-corrected chi connectivity index (χ4v) is 2.75. The molecule has 29 heavy (non-hydrogen) atoms. The average molecular weight is 422 g/mol. The SMILES string of the molecule is CC(C)(C)OC(=O)NCCSc1nonc1C(=NO)Nc1ccc(F)c(C#N)c1. The van der Waals surface area contributed by atoms with E-state index in [-0.39, 0.29) is 23.6 Å². The zero-order chi connectivity index (χ0) is 21.4. The van der Waals surface area contributed by atoms with E-state index in [0.717, 1.165) is 6.07 Å². The van der Waals surface area contributed by atoms with Crippen molar-refractivity contribution in [1.82, 2.24) is 15.6 Å². The number of amidine groups is 1. The molecule has 0 saturated carbocycles. The molecule has 0 bridgehead atoms. The van der Waals surface area contributed by atoms with E-state index in [0.29, 0.717) is 16.5 Å². The highest BCUT2D eigenvalue weighted by Gasteiger charge is 2.19. The summed E-state index contributed by atoms with van der Waals surface area (Å²) < 4.78 is 23.3. The molecule has 0 radical (unpaired) electrons. The Bertz CT molecular complexity index is 935. The molecule has 0 aliphatic heterocycles. The Morgan fingerprint density at radius 3 is 2.86 bits per heavy atom. The van der Waals surface area contributed by atoms with Crippen LogP contribution in [-0.4, -0.2) is 45.3 Å². The lowest BCUT2D eigenvalue weighted by Crippen LogP contribution is -2.33. The summed E-state index contributed by atoms with van der Waals surface area (Å²) in [6.07, 6.45) is -0.541. The summed E-state index contributed by atoms with van der Waals surface area (Å²) in [7, 11) is 0. The van der Waals surface area contributed by atoms with Crippen LogP contribution in [0, 0.1) is 17.1 Å². The van der Waals surface area contributed by atoms with Crippen LogP contribution in [0.1, 0.15) is 32.0 Å². The van der Waals surface area contributed by atoms with Crippen molar-refractivity contribution >= 4 is 29.4 Å². The molecule has 0 unspecified atom stereocenters. The van der Waals surface area contributed by atoms with Crippen LogP contribution in [0.4, 0.5) is 14.9 Å². The van der Waals surface area contributed by atoms with Gasteiger partial charge in [-0.3, -0.25) is 0 Å². The second-order valence-corrected chi connectivity index (χ2v) is 7.66. The highest BCUT2D eigenvalue weighted by molar-refractivity contribution is 7.99. The van der Waals surface area contributed by atoms with Crippen molar-refractivity contribution in [3.63, 3.8) is 0 Å². The van der Waals surface area contributed by atoms with Gasteiger partial charge in [-0.25, -0.2) is 13.8 Å². The highest BCUT2D eigenvalue weighted by atomic mass is 32.2. The molecule has 10 nitrogen and oxygen atoms in total. The molecule has 1 aromatic carbocycles. The molecule has 1 heterocycles. The maximum absolute atomic E-state index is 13.4. The molecule has 0 saturated heterocycles. The number of oxime groups is 1. The van der Waals surface area contributed by atoms with Gasteiger partial charge >= 0.3 is 6.09 Å². The molecule has 154 valence electrons. The summed E-state index contributed by atoms with van der Waals surface area (Å²) in [5.41, 5.74) is -0.350. The van der Waals surface area contributed by atoms with E-state index in [1.165, 1.54) is 23.9 Å². The summed E-state index contributed by atoms with van der Waals surface area (Å²) >= 11 is 1.20. The van der Waals surface area contributed by atoms with Crippen LogP contribution in [0.25, 0.3) is 0 Å². The molecule has 1 amide bonds. The van der Waals surface area contributed by atoms with Gasteiger partial charge in [0, 0.05) is 18.0 Å². The van der Waals surface area contributed by atoms with Gasteiger partial charge in [0.2, 0.25) is 5.84 Å². The summed E-state index contributed by atoms with van der Waals surface area (Å²) in [5, 5.41) is 34.4. The third kappa shape index (κ3) is 6.65. The maximum Gasteiger partial charge on any atom is 0.407 e. The fourth-order valence-electron chi connectivity index (χ4n) is 1.99. The van der Waals surface area contributed by atoms with Crippen LogP contribution in [0.3, 0.4) is 0 Å². The average Bonchev–Trinajstić information content (AvgIpc) is 3.11. The number of benzene rings is 1. The molecular weight excluding hydrogens is 403 g/mol.